The minimum absolute atomic E-state index is 0.0808. The molecule has 4 heteroatoms. The van der Waals surface area contributed by atoms with E-state index in [1.165, 1.54) is 11.3 Å². The third kappa shape index (κ3) is 1.42. The van der Waals surface area contributed by atoms with Gasteiger partial charge in [-0.2, -0.15) is 5.26 Å². The number of aromatic nitrogens is 1. The first-order chi connectivity index (χ1) is 6.70. The maximum absolute atomic E-state index is 8.78. The molecular weight excluding hydrogens is 194 g/mol. The Balaban J connectivity index is 2.57. The first-order valence-electron chi connectivity index (χ1n) is 4.26. The number of rotatable bonds is 1. The number of thiazole rings is 1. The van der Waals surface area contributed by atoms with Gasteiger partial charge in [-0.25, -0.2) is 4.98 Å². The van der Waals surface area contributed by atoms with Crippen LogP contribution in [0.1, 0.15) is 18.4 Å². The largest absolute Gasteiger partial charge is 0.375 e. The molecule has 0 saturated carbocycles. The van der Waals surface area contributed by atoms with Gasteiger partial charge < -0.3 is 5.73 Å². The lowest BCUT2D eigenvalue weighted by Crippen LogP contribution is -1.87. The zero-order chi connectivity index (χ0) is 10.1. The second-order valence-electron chi connectivity index (χ2n) is 3.13. The molecule has 14 heavy (non-hydrogen) atoms. The van der Waals surface area contributed by atoms with E-state index in [0.29, 0.717) is 5.13 Å². The average molecular weight is 203 g/mol. The number of hydrogen-bond donors (Lipinski definition) is 1. The van der Waals surface area contributed by atoms with Crippen molar-refractivity contribution in [2.75, 3.05) is 5.73 Å². The Morgan fingerprint density at radius 1 is 1.57 bits per heavy atom. The van der Waals surface area contributed by atoms with E-state index in [0.717, 1.165) is 15.8 Å². The number of fused-ring (bicyclic) bond motifs is 1. The molecule has 2 rings (SSSR count). The van der Waals surface area contributed by atoms with Gasteiger partial charge >= 0.3 is 0 Å². The highest BCUT2D eigenvalue weighted by molar-refractivity contribution is 7.22. The second kappa shape index (κ2) is 3.28. The van der Waals surface area contributed by atoms with Gasteiger partial charge in [0.15, 0.2) is 5.13 Å². The summed E-state index contributed by atoms with van der Waals surface area (Å²) in [7, 11) is 0. The van der Waals surface area contributed by atoms with Crippen molar-refractivity contribution in [1.29, 1.82) is 5.26 Å². The van der Waals surface area contributed by atoms with Crippen LogP contribution >= 0.6 is 11.3 Å². The quantitative estimate of drug-likeness (QED) is 0.774. The fraction of sp³-hybridized carbons (Fsp3) is 0.200. The van der Waals surface area contributed by atoms with Crippen LogP contribution in [0.4, 0.5) is 5.13 Å². The van der Waals surface area contributed by atoms with Crippen LogP contribution in [-0.4, -0.2) is 4.98 Å². The summed E-state index contributed by atoms with van der Waals surface area (Å²) in [4.78, 5) is 4.15. The van der Waals surface area contributed by atoms with Crippen LogP contribution in [0.3, 0.4) is 0 Å². The summed E-state index contributed by atoms with van der Waals surface area (Å²) in [5, 5.41) is 9.35. The SMILES string of the molecule is C[C@@H](C#N)c1ccc2nc(N)sc2c1. The lowest BCUT2D eigenvalue weighted by Gasteiger charge is -2.00. The lowest BCUT2D eigenvalue weighted by molar-refractivity contribution is 0.985. The van der Waals surface area contributed by atoms with Gasteiger partial charge in [-0.05, 0) is 24.6 Å². The molecule has 0 fully saturated rings. The van der Waals surface area contributed by atoms with Crippen molar-refractivity contribution in [1.82, 2.24) is 4.98 Å². The van der Waals surface area contributed by atoms with E-state index in [1.54, 1.807) is 0 Å². The Morgan fingerprint density at radius 2 is 2.36 bits per heavy atom. The monoisotopic (exact) mass is 203 g/mol. The zero-order valence-electron chi connectivity index (χ0n) is 7.69. The minimum atomic E-state index is -0.0808. The molecule has 1 aromatic carbocycles. The predicted molar refractivity (Wildman–Crippen MR) is 58.1 cm³/mol. The summed E-state index contributed by atoms with van der Waals surface area (Å²) >= 11 is 1.45. The number of nitrogens with zero attached hydrogens (tertiary/aromatic N) is 2. The molecule has 1 aromatic heterocycles. The van der Waals surface area contributed by atoms with Crippen LogP contribution in [0.25, 0.3) is 10.2 Å². The molecule has 0 spiro atoms. The molecule has 0 unspecified atom stereocenters. The van der Waals surface area contributed by atoms with E-state index in [2.05, 4.69) is 11.1 Å². The van der Waals surface area contributed by atoms with Crippen molar-refractivity contribution in [2.24, 2.45) is 0 Å². The summed E-state index contributed by atoms with van der Waals surface area (Å²) in [6.45, 7) is 1.88. The van der Waals surface area contributed by atoms with Crippen molar-refractivity contribution >= 4 is 26.7 Å². The van der Waals surface area contributed by atoms with Crippen LogP contribution in [0, 0.1) is 11.3 Å². The van der Waals surface area contributed by atoms with E-state index in [-0.39, 0.29) is 5.92 Å². The van der Waals surface area contributed by atoms with Crippen LogP contribution in [0.15, 0.2) is 18.2 Å². The number of hydrogen-bond acceptors (Lipinski definition) is 4. The maximum atomic E-state index is 8.78. The first-order valence-corrected chi connectivity index (χ1v) is 5.08. The Labute approximate surface area is 85.8 Å². The van der Waals surface area contributed by atoms with Crippen LogP contribution in [0.2, 0.25) is 0 Å². The van der Waals surface area contributed by atoms with Gasteiger partial charge in [-0.15, -0.1) is 0 Å². The van der Waals surface area contributed by atoms with Gasteiger partial charge in [0.05, 0.1) is 22.2 Å². The molecule has 0 bridgehead atoms. The van der Waals surface area contributed by atoms with Crippen LogP contribution < -0.4 is 5.73 Å². The predicted octanol–water partition coefficient (Wildman–Crippen LogP) is 2.51. The molecule has 2 aromatic rings. The lowest BCUT2D eigenvalue weighted by atomic mass is 10.0. The second-order valence-corrected chi connectivity index (χ2v) is 4.19. The normalized spacial score (nSPS) is 12.6. The summed E-state index contributed by atoms with van der Waals surface area (Å²) in [6, 6.07) is 8.02. The first kappa shape index (κ1) is 8.97. The Kier molecular flexibility index (Phi) is 2.10. The molecule has 1 atom stereocenters. The van der Waals surface area contributed by atoms with Crippen LogP contribution in [-0.2, 0) is 0 Å². The number of nitrogens with two attached hydrogens (primary N) is 1. The van der Waals surface area contributed by atoms with Crippen molar-refractivity contribution in [2.45, 2.75) is 12.8 Å². The Hall–Kier alpha value is -1.60. The number of nitriles is 1. The smallest absolute Gasteiger partial charge is 0.181 e. The third-order valence-electron chi connectivity index (χ3n) is 2.12. The highest BCUT2D eigenvalue weighted by Gasteiger charge is 2.06. The summed E-state index contributed by atoms with van der Waals surface area (Å²) < 4.78 is 1.04. The molecule has 0 radical (unpaired) electrons. The minimum Gasteiger partial charge on any atom is -0.375 e. The van der Waals surface area contributed by atoms with Crippen molar-refractivity contribution in [3.05, 3.63) is 23.8 Å². The van der Waals surface area contributed by atoms with Crippen LogP contribution in [0.5, 0.6) is 0 Å². The van der Waals surface area contributed by atoms with Crippen molar-refractivity contribution in [3.8, 4) is 6.07 Å². The van der Waals surface area contributed by atoms with E-state index in [1.807, 2.05) is 25.1 Å². The third-order valence-corrected chi connectivity index (χ3v) is 2.97. The summed E-state index contributed by atoms with van der Waals surface area (Å²) in [5.74, 6) is -0.0808. The highest BCUT2D eigenvalue weighted by Crippen LogP contribution is 2.27. The van der Waals surface area contributed by atoms with Gasteiger partial charge in [-0.1, -0.05) is 17.4 Å². The molecule has 0 amide bonds. The van der Waals surface area contributed by atoms with E-state index in [9.17, 15) is 0 Å². The van der Waals surface area contributed by atoms with Crippen molar-refractivity contribution in [3.63, 3.8) is 0 Å². The Bertz CT molecular complexity index is 510. The Morgan fingerprint density at radius 3 is 3.07 bits per heavy atom. The average Bonchev–Trinajstić information content (AvgIpc) is 2.55. The fourth-order valence-electron chi connectivity index (χ4n) is 1.30. The van der Waals surface area contributed by atoms with Crippen molar-refractivity contribution < 1.29 is 0 Å². The zero-order valence-corrected chi connectivity index (χ0v) is 8.51. The number of nitrogen functional groups attached to an aromatic ring is 1. The number of anilines is 1. The topological polar surface area (TPSA) is 62.7 Å². The van der Waals surface area contributed by atoms with Gasteiger partial charge in [0.2, 0.25) is 0 Å². The molecule has 3 nitrogen and oxygen atoms in total. The summed E-state index contributed by atoms with van der Waals surface area (Å²) in [5.41, 5.74) is 7.51. The van der Waals surface area contributed by atoms with Gasteiger partial charge in [-0.3, -0.25) is 0 Å². The molecule has 2 N–H and O–H groups in total. The molecule has 0 aliphatic rings. The van der Waals surface area contributed by atoms with E-state index in [4.69, 9.17) is 11.0 Å². The molecule has 1 heterocycles. The van der Waals surface area contributed by atoms with Gasteiger partial charge in [0.25, 0.3) is 0 Å². The maximum Gasteiger partial charge on any atom is 0.181 e. The molecule has 70 valence electrons. The van der Waals surface area contributed by atoms with Gasteiger partial charge in [0.1, 0.15) is 0 Å². The highest BCUT2D eigenvalue weighted by atomic mass is 32.1. The molecule has 0 aliphatic carbocycles. The fourth-order valence-corrected chi connectivity index (χ4v) is 2.09. The number of benzene rings is 1. The molecule has 0 saturated heterocycles. The van der Waals surface area contributed by atoms with E-state index >= 15 is 0 Å². The summed E-state index contributed by atoms with van der Waals surface area (Å²) in [6.07, 6.45) is 0. The van der Waals surface area contributed by atoms with Gasteiger partial charge in [0, 0.05) is 0 Å². The molecular formula is C10H9N3S. The standard InChI is InChI=1S/C10H9N3S/c1-6(5-11)7-2-3-8-9(4-7)14-10(12)13-8/h2-4,6H,1H3,(H2,12,13)/t6-/m0/s1. The van der Waals surface area contributed by atoms with E-state index < -0.39 is 0 Å². The molecule has 0 aliphatic heterocycles.